The molecular weight excluding hydrogens is 258 g/mol. The minimum Gasteiger partial charge on any atom is -0.495 e. The summed E-state index contributed by atoms with van der Waals surface area (Å²) < 4.78 is 5.19. The van der Waals surface area contributed by atoms with Gasteiger partial charge in [0.2, 0.25) is 0 Å². The molecule has 0 aliphatic heterocycles. The van der Waals surface area contributed by atoms with Crippen LogP contribution in [0.4, 0.5) is 17.1 Å². The SMILES string of the molecule is COc1ccccc1Nc1ccc(C#N)c([N+](=O)[O-])c1. The minimum atomic E-state index is -0.577. The fraction of sp³-hybridized carbons (Fsp3) is 0.0714. The molecule has 0 spiro atoms. The first kappa shape index (κ1) is 13.4. The van der Waals surface area contributed by atoms with Crippen LogP contribution in [0.15, 0.2) is 42.5 Å². The number of para-hydroxylation sites is 2. The first-order valence-electron chi connectivity index (χ1n) is 5.74. The highest BCUT2D eigenvalue weighted by Gasteiger charge is 2.14. The number of rotatable bonds is 4. The number of nitrogens with zero attached hydrogens (tertiary/aromatic N) is 2. The lowest BCUT2D eigenvalue weighted by molar-refractivity contribution is -0.385. The second kappa shape index (κ2) is 5.71. The van der Waals surface area contributed by atoms with Gasteiger partial charge in [0, 0.05) is 11.8 Å². The minimum absolute atomic E-state index is 0.0283. The zero-order valence-electron chi connectivity index (χ0n) is 10.7. The van der Waals surface area contributed by atoms with E-state index < -0.39 is 4.92 Å². The fourth-order valence-corrected chi connectivity index (χ4v) is 1.76. The van der Waals surface area contributed by atoms with Crippen LogP contribution < -0.4 is 10.1 Å². The van der Waals surface area contributed by atoms with Crippen molar-refractivity contribution in [2.75, 3.05) is 12.4 Å². The molecule has 20 heavy (non-hydrogen) atoms. The van der Waals surface area contributed by atoms with Gasteiger partial charge in [-0.1, -0.05) is 12.1 Å². The molecule has 0 saturated heterocycles. The van der Waals surface area contributed by atoms with Gasteiger partial charge in [-0.2, -0.15) is 5.26 Å². The van der Waals surface area contributed by atoms with Crippen LogP contribution in [0.2, 0.25) is 0 Å². The monoisotopic (exact) mass is 269 g/mol. The third-order valence-electron chi connectivity index (χ3n) is 2.70. The summed E-state index contributed by atoms with van der Waals surface area (Å²) in [7, 11) is 1.54. The maximum Gasteiger partial charge on any atom is 0.289 e. The van der Waals surface area contributed by atoms with Crippen molar-refractivity contribution in [1.82, 2.24) is 0 Å². The number of ether oxygens (including phenoxy) is 1. The molecule has 0 aliphatic carbocycles. The van der Waals surface area contributed by atoms with E-state index in [0.29, 0.717) is 17.1 Å². The molecule has 6 nitrogen and oxygen atoms in total. The van der Waals surface area contributed by atoms with Crippen LogP contribution in [0.5, 0.6) is 5.75 Å². The highest BCUT2D eigenvalue weighted by atomic mass is 16.6. The highest BCUT2D eigenvalue weighted by molar-refractivity contribution is 5.69. The summed E-state index contributed by atoms with van der Waals surface area (Å²) in [5, 5.41) is 22.8. The van der Waals surface area contributed by atoms with Gasteiger partial charge in [0.25, 0.3) is 5.69 Å². The molecule has 1 N–H and O–H groups in total. The molecule has 0 radical (unpaired) electrons. The molecule has 0 saturated carbocycles. The third-order valence-corrected chi connectivity index (χ3v) is 2.70. The maximum atomic E-state index is 10.9. The third kappa shape index (κ3) is 2.67. The van der Waals surface area contributed by atoms with Crippen molar-refractivity contribution in [1.29, 1.82) is 5.26 Å². The smallest absolute Gasteiger partial charge is 0.289 e. The number of hydrogen-bond acceptors (Lipinski definition) is 5. The molecule has 2 rings (SSSR count). The standard InChI is InChI=1S/C14H11N3O3/c1-20-14-5-3-2-4-12(14)16-11-7-6-10(9-15)13(8-11)17(18)19/h2-8,16H,1H3. The largest absolute Gasteiger partial charge is 0.495 e. The molecular formula is C14H11N3O3. The first-order chi connectivity index (χ1) is 9.65. The van der Waals surface area contributed by atoms with Crippen molar-refractivity contribution in [2.45, 2.75) is 0 Å². The van der Waals surface area contributed by atoms with Crippen LogP contribution in [0.1, 0.15) is 5.56 Å². The van der Waals surface area contributed by atoms with Crippen LogP contribution in [0.3, 0.4) is 0 Å². The lowest BCUT2D eigenvalue weighted by Gasteiger charge is -2.10. The Bertz CT molecular complexity index is 692. The van der Waals surface area contributed by atoms with Crippen LogP contribution in [0, 0.1) is 21.4 Å². The topological polar surface area (TPSA) is 88.2 Å². The number of nitrogens with one attached hydrogen (secondary N) is 1. The highest BCUT2D eigenvalue weighted by Crippen LogP contribution is 2.29. The van der Waals surface area contributed by atoms with E-state index in [2.05, 4.69) is 5.32 Å². The quantitative estimate of drug-likeness (QED) is 0.680. The zero-order chi connectivity index (χ0) is 14.5. The predicted octanol–water partition coefficient (Wildman–Crippen LogP) is 3.22. The van der Waals surface area contributed by atoms with E-state index in [4.69, 9.17) is 10.00 Å². The summed E-state index contributed by atoms with van der Waals surface area (Å²) in [4.78, 5) is 10.3. The molecule has 2 aromatic rings. The van der Waals surface area contributed by atoms with Gasteiger partial charge < -0.3 is 10.1 Å². The van der Waals surface area contributed by atoms with Crippen LogP contribution in [0.25, 0.3) is 0 Å². The summed E-state index contributed by atoms with van der Waals surface area (Å²) in [5.74, 6) is 0.625. The van der Waals surface area contributed by atoms with Gasteiger partial charge in [0.1, 0.15) is 17.4 Å². The van der Waals surface area contributed by atoms with E-state index >= 15 is 0 Å². The van der Waals surface area contributed by atoms with E-state index in [1.165, 1.54) is 12.1 Å². The molecule has 100 valence electrons. The number of benzene rings is 2. The molecule has 2 aromatic carbocycles. The molecule has 6 heteroatoms. The lowest BCUT2D eigenvalue weighted by atomic mass is 10.1. The molecule has 0 amide bonds. The van der Waals surface area contributed by atoms with Crippen LogP contribution in [-0.2, 0) is 0 Å². The molecule has 0 aromatic heterocycles. The Morgan fingerprint density at radius 3 is 2.70 bits per heavy atom. The van der Waals surface area contributed by atoms with E-state index in [-0.39, 0.29) is 11.3 Å². The Hall–Kier alpha value is -3.07. The summed E-state index contributed by atoms with van der Waals surface area (Å²) in [5.41, 5.74) is 1.00. The average Bonchev–Trinajstić information content (AvgIpc) is 2.47. The number of hydrogen-bond donors (Lipinski definition) is 1. The average molecular weight is 269 g/mol. The Balaban J connectivity index is 2.38. The van der Waals surface area contributed by atoms with Crippen molar-refractivity contribution in [3.63, 3.8) is 0 Å². The normalized spacial score (nSPS) is 9.60. The Kier molecular flexibility index (Phi) is 3.82. The predicted molar refractivity (Wildman–Crippen MR) is 74.1 cm³/mol. The van der Waals surface area contributed by atoms with E-state index in [1.54, 1.807) is 31.4 Å². The first-order valence-corrected chi connectivity index (χ1v) is 5.74. The van der Waals surface area contributed by atoms with Crippen molar-refractivity contribution >= 4 is 17.1 Å². The van der Waals surface area contributed by atoms with Crippen LogP contribution >= 0.6 is 0 Å². The van der Waals surface area contributed by atoms with Crippen molar-refractivity contribution in [3.05, 3.63) is 58.1 Å². The van der Waals surface area contributed by atoms with Crippen molar-refractivity contribution in [2.24, 2.45) is 0 Å². The van der Waals surface area contributed by atoms with Crippen molar-refractivity contribution < 1.29 is 9.66 Å². The van der Waals surface area contributed by atoms with Crippen LogP contribution in [-0.4, -0.2) is 12.0 Å². The Labute approximate surface area is 115 Å². The molecule has 0 unspecified atom stereocenters. The number of nitro benzene ring substituents is 1. The maximum absolute atomic E-state index is 10.9. The van der Waals surface area contributed by atoms with Gasteiger partial charge in [-0.25, -0.2) is 0 Å². The van der Waals surface area contributed by atoms with Gasteiger partial charge in [0.15, 0.2) is 0 Å². The molecule has 0 atom stereocenters. The summed E-state index contributed by atoms with van der Waals surface area (Å²) in [6.07, 6.45) is 0. The van der Waals surface area contributed by atoms with Crippen molar-refractivity contribution in [3.8, 4) is 11.8 Å². The van der Waals surface area contributed by atoms with Gasteiger partial charge in [-0.15, -0.1) is 0 Å². The second-order valence-electron chi connectivity index (χ2n) is 3.93. The lowest BCUT2D eigenvalue weighted by Crippen LogP contribution is -1.97. The summed E-state index contributed by atoms with van der Waals surface area (Å²) >= 11 is 0. The summed E-state index contributed by atoms with van der Waals surface area (Å²) in [6.45, 7) is 0. The fourth-order valence-electron chi connectivity index (χ4n) is 1.76. The molecule has 0 aliphatic rings. The van der Waals surface area contributed by atoms with Gasteiger partial charge in [-0.05, 0) is 24.3 Å². The van der Waals surface area contributed by atoms with E-state index in [9.17, 15) is 10.1 Å². The Morgan fingerprint density at radius 2 is 2.05 bits per heavy atom. The zero-order valence-corrected chi connectivity index (χ0v) is 10.7. The number of methoxy groups -OCH3 is 1. The van der Waals surface area contributed by atoms with Gasteiger partial charge in [-0.3, -0.25) is 10.1 Å². The molecule has 0 bridgehead atoms. The van der Waals surface area contributed by atoms with Gasteiger partial charge in [0.05, 0.1) is 17.7 Å². The number of nitro groups is 1. The number of anilines is 2. The summed E-state index contributed by atoms with van der Waals surface area (Å²) in [6, 6.07) is 13.4. The van der Waals surface area contributed by atoms with E-state index in [1.807, 2.05) is 12.1 Å². The van der Waals surface area contributed by atoms with Gasteiger partial charge >= 0.3 is 0 Å². The Morgan fingerprint density at radius 1 is 1.30 bits per heavy atom. The second-order valence-corrected chi connectivity index (χ2v) is 3.93. The molecule has 0 heterocycles. The number of nitriles is 1. The molecule has 0 fully saturated rings. The van der Waals surface area contributed by atoms with E-state index in [0.717, 1.165) is 0 Å².